The van der Waals surface area contributed by atoms with Gasteiger partial charge in [-0.25, -0.2) is 9.59 Å². The molecule has 0 amide bonds. The summed E-state index contributed by atoms with van der Waals surface area (Å²) in [6, 6.07) is 0. The molecule has 0 radical (unpaired) electrons. The van der Waals surface area contributed by atoms with E-state index in [-0.39, 0.29) is 17.3 Å². The topological polar surface area (TPSA) is 72.9 Å². The monoisotopic (exact) mass is 239 g/mol. The van der Waals surface area contributed by atoms with Gasteiger partial charge in [0.1, 0.15) is 5.76 Å². The molecule has 2 aliphatic rings. The number of ether oxygens (including phenoxy) is 2. The van der Waals surface area contributed by atoms with Crippen LogP contribution < -0.4 is 0 Å². The molecule has 0 N–H and O–H groups in total. The van der Waals surface area contributed by atoms with E-state index in [9.17, 15) is 14.4 Å². The molecule has 0 spiro atoms. The highest BCUT2D eigenvalue weighted by atomic mass is 16.6. The van der Waals surface area contributed by atoms with Crippen molar-refractivity contribution in [3.8, 4) is 0 Å². The second kappa shape index (κ2) is 4.29. The van der Waals surface area contributed by atoms with Crippen molar-refractivity contribution in [3.05, 3.63) is 11.3 Å². The lowest BCUT2D eigenvalue weighted by molar-refractivity contribution is -0.147. The molecule has 0 aromatic heterocycles. The van der Waals surface area contributed by atoms with Crippen LogP contribution in [0.4, 0.5) is 0 Å². The van der Waals surface area contributed by atoms with Crippen molar-refractivity contribution in [3.63, 3.8) is 0 Å². The summed E-state index contributed by atoms with van der Waals surface area (Å²) in [5.74, 6) is -2.61. The number of cyclic esters (lactones) is 1. The van der Waals surface area contributed by atoms with Crippen LogP contribution in [-0.4, -0.2) is 49.9 Å². The maximum absolute atomic E-state index is 11.5. The van der Waals surface area contributed by atoms with Crippen molar-refractivity contribution in [1.29, 1.82) is 0 Å². The quantitative estimate of drug-likeness (QED) is 0.367. The number of carbonyl (C=O) groups is 3. The Balaban J connectivity index is 2.33. The minimum atomic E-state index is -0.991. The smallest absolute Gasteiger partial charge is 0.385 e. The fraction of sp³-hybridized carbons (Fsp3) is 0.545. The van der Waals surface area contributed by atoms with E-state index in [1.54, 1.807) is 0 Å². The van der Waals surface area contributed by atoms with Gasteiger partial charge in [0.05, 0.1) is 7.11 Å². The molecule has 2 heterocycles. The summed E-state index contributed by atoms with van der Waals surface area (Å²) in [7, 11) is 3.10. The van der Waals surface area contributed by atoms with Crippen LogP contribution in [0.2, 0.25) is 0 Å². The van der Waals surface area contributed by atoms with Gasteiger partial charge in [-0.1, -0.05) is 0 Å². The summed E-state index contributed by atoms with van der Waals surface area (Å²) in [6.07, 6.45) is 0.757. The van der Waals surface area contributed by atoms with Gasteiger partial charge >= 0.3 is 11.9 Å². The zero-order valence-corrected chi connectivity index (χ0v) is 9.69. The van der Waals surface area contributed by atoms with Crippen molar-refractivity contribution >= 4 is 17.7 Å². The first-order chi connectivity index (χ1) is 8.04. The Bertz CT molecular complexity index is 426. The van der Waals surface area contributed by atoms with E-state index in [1.807, 2.05) is 11.9 Å². The van der Waals surface area contributed by atoms with Crippen molar-refractivity contribution < 1.29 is 23.9 Å². The molecule has 2 aliphatic heterocycles. The molecule has 1 unspecified atom stereocenters. The van der Waals surface area contributed by atoms with E-state index in [2.05, 4.69) is 4.74 Å². The predicted molar refractivity (Wildman–Crippen MR) is 55.7 cm³/mol. The molecule has 0 saturated carbocycles. The van der Waals surface area contributed by atoms with Crippen LogP contribution in [0.15, 0.2) is 11.3 Å². The average Bonchev–Trinajstić information content (AvgIpc) is 2.84. The molecular weight excluding hydrogens is 226 g/mol. The molecule has 0 bridgehead atoms. The van der Waals surface area contributed by atoms with Gasteiger partial charge in [-0.2, -0.15) is 0 Å². The molecular formula is C11H13NO5. The average molecular weight is 239 g/mol. The third kappa shape index (κ3) is 1.95. The van der Waals surface area contributed by atoms with E-state index < -0.39 is 17.7 Å². The Hall–Kier alpha value is -1.69. The summed E-state index contributed by atoms with van der Waals surface area (Å²) in [5.41, 5.74) is -0.238. The molecule has 1 atom stereocenters. The Kier molecular flexibility index (Phi) is 2.97. The second-order valence-corrected chi connectivity index (χ2v) is 4.20. The number of nitrogens with zero attached hydrogens (tertiary/aromatic N) is 1. The molecule has 92 valence electrons. The Labute approximate surface area is 98.2 Å². The molecule has 6 nitrogen and oxygen atoms in total. The highest BCUT2D eigenvalue weighted by Crippen LogP contribution is 2.31. The lowest BCUT2D eigenvalue weighted by Gasteiger charge is -2.11. The Morgan fingerprint density at radius 2 is 2.18 bits per heavy atom. The maximum atomic E-state index is 11.5. The number of rotatable bonds is 2. The van der Waals surface area contributed by atoms with Gasteiger partial charge in [0, 0.05) is 12.5 Å². The molecule has 6 heteroatoms. The van der Waals surface area contributed by atoms with Gasteiger partial charge in [-0.15, -0.1) is 0 Å². The molecule has 0 aromatic rings. The summed E-state index contributed by atoms with van der Waals surface area (Å²) >= 11 is 0. The summed E-state index contributed by atoms with van der Waals surface area (Å²) < 4.78 is 9.41. The fourth-order valence-electron chi connectivity index (χ4n) is 2.14. The normalized spacial score (nSPS) is 25.4. The Morgan fingerprint density at radius 1 is 1.47 bits per heavy atom. The van der Waals surface area contributed by atoms with Crippen molar-refractivity contribution in [2.45, 2.75) is 6.42 Å². The number of Topliss-reactive ketones (excluding diaryl/α,β-unsaturated/α-hetero) is 1. The van der Waals surface area contributed by atoms with E-state index in [0.717, 1.165) is 13.0 Å². The lowest BCUT2D eigenvalue weighted by atomic mass is 10.0. The van der Waals surface area contributed by atoms with E-state index in [1.165, 1.54) is 7.11 Å². The van der Waals surface area contributed by atoms with Crippen molar-refractivity contribution in [2.75, 3.05) is 27.2 Å². The van der Waals surface area contributed by atoms with Gasteiger partial charge in [-0.3, -0.25) is 4.79 Å². The summed E-state index contributed by atoms with van der Waals surface area (Å²) in [6.45, 7) is 1.50. The summed E-state index contributed by atoms with van der Waals surface area (Å²) in [4.78, 5) is 36.2. The van der Waals surface area contributed by atoms with E-state index >= 15 is 0 Å². The van der Waals surface area contributed by atoms with Crippen LogP contribution in [0.3, 0.4) is 0 Å². The standard InChI is InChI=1S/C11H13NO5/c1-12-4-3-6(5-12)9-7(10(14)16-2)8(13)11(15)17-9/h6H,3-5H2,1-2H3. The molecule has 1 fully saturated rings. The number of hydrogen-bond donors (Lipinski definition) is 0. The highest BCUT2D eigenvalue weighted by molar-refractivity contribution is 6.48. The van der Waals surface area contributed by atoms with Crippen molar-refractivity contribution in [1.82, 2.24) is 4.90 Å². The largest absolute Gasteiger partial charge is 0.465 e. The van der Waals surface area contributed by atoms with Gasteiger partial charge < -0.3 is 14.4 Å². The fourth-order valence-corrected chi connectivity index (χ4v) is 2.14. The summed E-state index contributed by atoms with van der Waals surface area (Å²) in [5, 5.41) is 0. The number of likely N-dealkylation sites (tertiary alicyclic amines) is 1. The zero-order chi connectivity index (χ0) is 12.6. The molecule has 2 rings (SSSR count). The van der Waals surface area contributed by atoms with Gasteiger partial charge in [0.15, 0.2) is 5.57 Å². The van der Waals surface area contributed by atoms with Crippen LogP contribution in [0.25, 0.3) is 0 Å². The zero-order valence-electron chi connectivity index (χ0n) is 9.69. The van der Waals surface area contributed by atoms with Crippen LogP contribution in [0.1, 0.15) is 6.42 Å². The minimum Gasteiger partial charge on any atom is -0.465 e. The van der Waals surface area contributed by atoms with Crippen LogP contribution in [-0.2, 0) is 23.9 Å². The third-order valence-electron chi connectivity index (χ3n) is 3.01. The molecule has 0 aliphatic carbocycles. The first-order valence-electron chi connectivity index (χ1n) is 5.32. The van der Waals surface area contributed by atoms with Crippen LogP contribution >= 0.6 is 0 Å². The SMILES string of the molecule is COC(=O)C1=C(C2CCN(C)C2)OC(=O)C1=O. The van der Waals surface area contributed by atoms with E-state index in [0.29, 0.717) is 6.54 Å². The predicted octanol–water partition coefficient (Wildman–Crippen LogP) is -0.509. The molecule has 0 aromatic carbocycles. The number of methoxy groups -OCH3 is 1. The maximum Gasteiger partial charge on any atom is 0.385 e. The number of ketones is 1. The van der Waals surface area contributed by atoms with Crippen molar-refractivity contribution in [2.24, 2.45) is 5.92 Å². The molecule has 17 heavy (non-hydrogen) atoms. The number of hydrogen-bond acceptors (Lipinski definition) is 6. The minimum absolute atomic E-state index is 0.0931. The molecule has 1 saturated heterocycles. The van der Waals surface area contributed by atoms with Crippen LogP contribution in [0.5, 0.6) is 0 Å². The van der Waals surface area contributed by atoms with Gasteiger partial charge in [-0.05, 0) is 20.0 Å². The number of esters is 2. The van der Waals surface area contributed by atoms with Gasteiger partial charge in [0.2, 0.25) is 0 Å². The lowest BCUT2D eigenvalue weighted by Crippen LogP contribution is -2.18. The third-order valence-corrected chi connectivity index (χ3v) is 3.01. The van der Waals surface area contributed by atoms with Crippen LogP contribution in [0, 0.1) is 5.92 Å². The highest BCUT2D eigenvalue weighted by Gasteiger charge is 2.43. The first kappa shape index (κ1) is 11.8. The van der Waals surface area contributed by atoms with Gasteiger partial charge in [0.25, 0.3) is 5.78 Å². The number of carbonyl (C=O) groups excluding carboxylic acids is 3. The van der Waals surface area contributed by atoms with E-state index in [4.69, 9.17) is 4.74 Å². The Morgan fingerprint density at radius 3 is 2.71 bits per heavy atom. The first-order valence-corrected chi connectivity index (χ1v) is 5.32. The second-order valence-electron chi connectivity index (χ2n) is 4.20.